The Balaban J connectivity index is 1.70. The Morgan fingerprint density at radius 1 is 1.38 bits per heavy atom. The minimum absolute atomic E-state index is 0.0836. The van der Waals surface area contributed by atoms with E-state index in [-0.39, 0.29) is 6.54 Å². The van der Waals surface area contributed by atoms with Gasteiger partial charge in [-0.15, -0.1) is 0 Å². The fourth-order valence-electron chi connectivity index (χ4n) is 3.02. The van der Waals surface area contributed by atoms with Crippen molar-refractivity contribution in [3.05, 3.63) is 53.6 Å². The fraction of sp³-hybridized carbons (Fsp3) is 0.375. The van der Waals surface area contributed by atoms with Crippen molar-refractivity contribution >= 4 is 5.97 Å². The summed E-state index contributed by atoms with van der Waals surface area (Å²) in [5, 5.41) is 8.99. The SMILES string of the molecule is O=C(O)CN1Cc2[nH]cnc2C(CCc2ccccc2)C1. The highest BCUT2D eigenvalue weighted by Crippen LogP contribution is 2.29. The highest BCUT2D eigenvalue weighted by atomic mass is 16.4. The van der Waals surface area contributed by atoms with Crippen LogP contribution in [0.2, 0.25) is 0 Å². The number of carboxylic acids is 1. The Morgan fingerprint density at radius 2 is 2.19 bits per heavy atom. The van der Waals surface area contributed by atoms with E-state index in [9.17, 15) is 4.79 Å². The molecule has 2 aromatic rings. The summed E-state index contributed by atoms with van der Waals surface area (Å²) in [6.45, 7) is 1.49. The first-order valence-corrected chi connectivity index (χ1v) is 7.22. The zero-order valence-corrected chi connectivity index (χ0v) is 11.8. The first-order valence-electron chi connectivity index (χ1n) is 7.22. The predicted octanol–water partition coefficient (Wildman–Crippen LogP) is 2.03. The van der Waals surface area contributed by atoms with Gasteiger partial charge in [-0.05, 0) is 18.4 Å². The number of aromatic amines is 1. The van der Waals surface area contributed by atoms with Crippen LogP contribution in [-0.4, -0.2) is 39.0 Å². The van der Waals surface area contributed by atoms with Crippen LogP contribution in [-0.2, 0) is 17.8 Å². The molecule has 0 saturated carbocycles. The van der Waals surface area contributed by atoms with Crippen molar-refractivity contribution < 1.29 is 9.90 Å². The van der Waals surface area contributed by atoms with Crippen LogP contribution in [0.15, 0.2) is 36.7 Å². The molecule has 1 aliphatic heterocycles. The average Bonchev–Trinajstić information content (AvgIpc) is 2.93. The van der Waals surface area contributed by atoms with Crippen molar-refractivity contribution in [1.29, 1.82) is 0 Å². The van der Waals surface area contributed by atoms with Gasteiger partial charge in [0.15, 0.2) is 0 Å². The molecule has 5 heteroatoms. The Kier molecular flexibility index (Phi) is 4.01. The summed E-state index contributed by atoms with van der Waals surface area (Å²) in [6, 6.07) is 10.4. The van der Waals surface area contributed by atoms with Crippen LogP contribution in [0.1, 0.15) is 29.3 Å². The molecule has 3 rings (SSSR count). The maximum atomic E-state index is 10.9. The second kappa shape index (κ2) is 6.10. The number of nitrogens with one attached hydrogen (secondary N) is 1. The number of H-pyrrole nitrogens is 1. The van der Waals surface area contributed by atoms with E-state index in [4.69, 9.17) is 5.11 Å². The number of carbonyl (C=O) groups is 1. The van der Waals surface area contributed by atoms with Gasteiger partial charge >= 0.3 is 5.97 Å². The molecular formula is C16H19N3O2. The summed E-state index contributed by atoms with van der Waals surface area (Å²) in [4.78, 5) is 20.5. The van der Waals surface area contributed by atoms with E-state index in [0.717, 1.165) is 30.8 Å². The van der Waals surface area contributed by atoms with Gasteiger partial charge < -0.3 is 10.1 Å². The third kappa shape index (κ3) is 3.31. The smallest absolute Gasteiger partial charge is 0.317 e. The molecule has 0 saturated heterocycles. The number of carboxylic acid groups (broad SMARTS) is 1. The van der Waals surface area contributed by atoms with E-state index in [1.54, 1.807) is 6.33 Å². The first kappa shape index (κ1) is 13.8. The highest BCUT2D eigenvalue weighted by molar-refractivity contribution is 5.69. The molecule has 0 bridgehead atoms. The number of benzene rings is 1. The Bertz CT molecular complexity index is 609. The van der Waals surface area contributed by atoms with Gasteiger partial charge in [0.1, 0.15) is 0 Å². The fourth-order valence-corrected chi connectivity index (χ4v) is 3.02. The second-order valence-corrected chi connectivity index (χ2v) is 5.55. The van der Waals surface area contributed by atoms with Gasteiger partial charge in [-0.3, -0.25) is 9.69 Å². The minimum atomic E-state index is -0.778. The molecule has 1 unspecified atom stereocenters. The van der Waals surface area contributed by atoms with E-state index in [2.05, 4.69) is 22.1 Å². The van der Waals surface area contributed by atoms with Crippen molar-refractivity contribution in [3.63, 3.8) is 0 Å². The van der Waals surface area contributed by atoms with Crippen LogP contribution in [0.4, 0.5) is 0 Å². The number of imidazole rings is 1. The Morgan fingerprint density at radius 3 is 2.95 bits per heavy atom. The number of aryl methyl sites for hydroxylation is 1. The Hall–Kier alpha value is -2.14. The molecule has 110 valence electrons. The molecule has 2 N–H and O–H groups in total. The monoisotopic (exact) mass is 285 g/mol. The zero-order chi connectivity index (χ0) is 14.7. The van der Waals surface area contributed by atoms with Crippen LogP contribution in [0.25, 0.3) is 0 Å². The molecule has 0 amide bonds. The number of aromatic nitrogens is 2. The molecule has 2 heterocycles. The van der Waals surface area contributed by atoms with Gasteiger partial charge in [-0.1, -0.05) is 30.3 Å². The number of rotatable bonds is 5. The summed E-state index contributed by atoms with van der Waals surface area (Å²) < 4.78 is 0. The molecule has 0 fully saturated rings. The second-order valence-electron chi connectivity index (χ2n) is 5.55. The molecule has 1 atom stereocenters. The average molecular weight is 285 g/mol. The molecule has 0 radical (unpaired) electrons. The third-order valence-corrected chi connectivity index (χ3v) is 3.98. The predicted molar refractivity (Wildman–Crippen MR) is 79.0 cm³/mol. The number of hydrogen-bond donors (Lipinski definition) is 2. The summed E-state index contributed by atoms with van der Waals surface area (Å²) in [6.07, 6.45) is 3.68. The van der Waals surface area contributed by atoms with Gasteiger partial charge in [0.05, 0.1) is 24.3 Å². The van der Waals surface area contributed by atoms with Crippen LogP contribution in [0.3, 0.4) is 0 Å². The van der Waals surface area contributed by atoms with Gasteiger partial charge in [-0.2, -0.15) is 0 Å². The molecule has 1 aliphatic rings. The molecule has 5 nitrogen and oxygen atoms in total. The molecular weight excluding hydrogens is 266 g/mol. The normalized spacial score (nSPS) is 18.4. The molecule has 1 aromatic heterocycles. The quantitative estimate of drug-likeness (QED) is 0.882. The maximum absolute atomic E-state index is 10.9. The first-order chi connectivity index (χ1) is 10.2. The number of fused-ring (bicyclic) bond motifs is 1. The maximum Gasteiger partial charge on any atom is 0.317 e. The van der Waals surface area contributed by atoms with Gasteiger partial charge in [0.2, 0.25) is 0 Å². The Labute approximate surface area is 123 Å². The topological polar surface area (TPSA) is 69.2 Å². The lowest BCUT2D eigenvalue weighted by molar-refractivity contribution is -0.138. The van der Waals surface area contributed by atoms with Crippen molar-refractivity contribution in [2.75, 3.05) is 13.1 Å². The van der Waals surface area contributed by atoms with Crippen LogP contribution in [0, 0.1) is 0 Å². The molecule has 0 spiro atoms. The molecule has 21 heavy (non-hydrogen) atoms. The van der Waals surface area contributed by atoms with Crippen LogP contribution >= 0.6 is 0 Å². The van der Waals surface area contributed by atoms with Crippen molar-refractivity contribution in [2.45, 2.75) is 25.3 Å². The van der Waals surface area contributed by atoms with E-state index in [0.29, 0.717) is 12.5 Å². The standard InChI is InChI=1S/C16H19N3O2/c20-15(21)10-19-8-13(16-14(9-19)17-11-18-16)7-6-12-4-2-1-3-5-12/h1-5,11,13H,6-10H2,(H,17,18)(H,20,21). The van der Waals surface area contributed by atoms with Crippen LogP contribution < -0.4 is 0 Å². The number of aliphatic carboxylic acids is 1. The van der Waals surface area contributed by atoms with Gasteiger partial charge in [0.25, 0.3) is 0 Å². The van der Waals surface area contributed by atoms with Crippen molar-refractivity contribution in [2.24, 2.45) is 0 Å². The van der Waals surface area contributed by atoms with Gasteiger partial charge in [0, 0.05) is 19.0 Å². The summed E-state index contributed by atoms with van der Waals surface area (Å²) in [5.74, 6) is -0.487. The van der Waals surface area contributed by atoms with E-state index in [1.165, 1.54) is 5.56 Å². The van der Waals surface area contributed by atoms with Crippen molar-refractivity contribution in [3.8, 4) is 0 Å². The summed E-state index contributed by atoms with van der Waals surface area (Å²) >= 11 is 0. The zero-order valence-electron chi connectivity index (χ0n) is 11.8. The van der Waals surface area contributed by atoms with E-state index in [1.807, 2.05) is 23.1 Å². The summed E-state index contributed by atoms with van der Waals surface area (Å²) in [5.41, 5.74) is 3.47. The van der Waals surface area contributed by atoms with Gasteiger partial charge in [-0.25, -0.2) is 4.98 Å². The third-order valence-electron chi connectivity index (χ3n) is 3.98. The molecule has 1 aromatic carbocycles. The highest BCUT2D eigenvalue weighted by Gasteiger charge is 2.28. The lowest BCUT2D eigenvalue weighted by atomic mass is 9.92. The lowest BCUT2D eigenvalue weighted by Crippen LogP contribution is -2.37. The summed E-state index contributed by atoms with van der Waals surface area (Å²) in [7, 11) is 0. The lowest BCUT2D eigenvalue weighted by Gasteiger charge is -2.30. The minimum Gasteiger partial charge on any atom is -0.480 e. The van der Waals surface area contributed by atoms with E-state index >= 15 is 0 Å². The number of hydrogen-bond acceptors (Lipinski definition) is 3. The molecule has 0 aliphatic carbocycles. The van der Waals surface area contributed by atoms with E-state index < -0.39 is 5.97 Å². The largest absolute Gasteiger partial charge is 0.480 e. The van der Waals surface area contributed by atoms with Crippen molar-refractivity contribution in [1.82, 2.24) is 14.9 Å². The van der Waals surface area contributed by atoms with Crippen LogP contribution in [0.5, 0.6) is 0 Å². The number of nitrogens with zero attached hydrogens (tertiary/aromatic N) is 2.